The Labute approximate surface area is 173 Å². The van der Waals surface area contributed by atoms with E-state index in [0.717, 1.165) is 35.5 Å². The molecule has 28 heavy (non-hydrogen) atoms. The van der Waals surface area contributed by atoms with E-state index in [1.807, 2.05) is 41.6 Å². The smallest absolute Gasteiger partial charge is 0.258 e. The van der Waals surface area contributed by atoms with Crippen LogP contribution in [-0.2, 0) is 16.6 Å². The topological polar surface area (TPSA) is 63.9 Å². The minimum atomic E-state index is -0.211. The molecule has 0 bridgehead atoms. The van der Waals surface area contributed by atoms with E-state index in [4.69, 9.17) is 4.74 Å². The fourth-order valence-corrected chi connectivity index (χ4v) is 5.11. The van der Waals surface area contributed by atoms with Crippen LogP contribution in [0.3, 0.4) is 0 Å². The molecule has 0 aliphatic carbocycles. The summed E-state index contributed by atoms with van der Waals surface area (Å²) < 4.78 is 8.48. The third-order valence-electron chi connectivity index (χ3n) is 4.77. The van der Waals surface area contributed by atoms with Crippen molar-refractivity contribution in [1.29, 1.82) is 0 Å². The molecule has 0 radical (unpaired) electrons. The molecule has 1 aromatic carbocycles. The van der Waals surface area contributed by atoms with Crippen molar-refractivity contribution in [2.24, 2.45) is 18.0 Å². The lowest BCUT2D eigenvalue weighted by molar-refractivity contribution is -0.130. The first-order valence-corrected chi connectivity index (χ1v) is 11.6. The Bertz CT molecular complexity index is 919. The van der Waals surface area contributed by atoms with Crippen LogP contribution in [0.5, 0.6) is 5.75 Å². The summed E-state index contributed by atoms with van der Waals surface area (Å²) >= 11 is 2.81. The number of thioether (sulfide) groups is 1. The molecule has 0 spiro atoms. The molecule has 1 aliphatic rings. The average Bonchev–Trinajstić information content (AvgIpc) is 2.97. The molecule has 8 heteroatoms. The maximum Gasteiger partial charge on any atom is 0.258 e. The van der Waals surface area contributed by atoms with Gasteiger partial charge in [-0.1, -0.05) is 18.3 Å². The third-order valence-corrected chi connectivity index (χ3v) is 6.77. The van der Waals surface area contributed by atoms with Crippen molar-refractivity contribution in [3.8, 4) is 5.75 Å². The van der Waals surface area contributed by atoms with Crippen LogP contribution in [0.4, 0.5) is 0 Å². The van der Waals surface area contributed by atoms with Gasteiger partial charge in [0.15, 0.2) is 4.80 Å². The molecule has 2 heterocycles. The van der Waals surface area contributed by atoms with Gasteiger partial charge in [0.2, 0.25) is 5.91 Å². The van der Waals surface area contributed by atoms with Gasteiger partial charge in [0, 0.05) is 20.1 Å². The van der Waals surface area contributed by atoms with Gasteiger partial charge in [0.25, 0.3) is 5.91 Å². The van der Waals surface area contributed by atoms with Crippen LogP contribution < -0.4 is 9.54 Å². The number of hydrogen-bond donors (Lipinski definition) is 0. The van der Waals surface area contributed by atoms with Gasteiger partial charge in [-0.2, -0.15) is 4.99 Å². The van der Waals surface area contributed by atoms with Crippen LogP contribution in [0.1, 0.15) is 26.7 Å². The number of piperidine rings is 1. The van der Waals surface area contributed by atoms with Gasteiger partial charge in [-0.15, -0.1) is 11.8 Å². The molecule has 2 amide bonds. The van der Waals surface area contributed by atoms with Crippen molar-refractivity contribution in [2.75, 3.05) is 31.2 Å². The van der Waals surface area contributed by atoms with Crippen LogP contribution in [0, 0.1) is 5.92 Å². The number of hydrogen-bond acceptors (Lipinski definition) is 5. The zero-order valence-corrected chi connectivity index (χ0v) is 18.3. The summed E-state index contributed by atoms with van der Waals surface area (Å²) in [6.07, 6.45) is 2.26. The number of likely N-dealkylation sites (tertiary alicyclic amines) is 1. The molecule has 1 saturated heterocycles. The Kier molecular flexibility index (Phi) is 7.18. The Morgan fingerprint density at radius 2 is 2.18 bits per heavy atom. The summed E-state index contributed by atoms with van der Waals surface area (Å²) in [6, 6.07) is 5.88. The first kappa shape index (κ1) is 20.9. The lowest BCUT2D eigenvalue weighted by Gasteiger charge is -2.30. The van der Waals surface area contributed by atoms with E-state index in [9.17, 15) is 9.59 Å². The molecule has 2 aromatic rings. The fraction of sp³-hybridized carbons (Fsp3) is 0.550. The van der Waals surface area contributed by atoms with E-state index >= 15 is 0 Å². The van der Waals surface area contributed by atoms with Gasteiger partial charge >= 0.3 is 0 Å². The predicted octanol–water partition coefficient (Wildman–Crippen LogP) is 3.06. The molecule has 3 rings (SSSR count). The van der Waals surface area contributed by atoms with E-state index in [0.29, 0.717) is 23.1 Å². The molecule has 1 aromatic heterocycles. The number of carbonyl (C=O) groups excluding carboxylic acids is 2. The maximum absolute atomic E-state index is 12.3. The summed E-state index contributed by atoms with van der Waals surface area (Å²) in [5, 5.41) is 0. The van der Waals surface area contributed by atoms with Crippen molar-refractivity contribution in [3.05, 3.63) is 23.0 Å². The summed E-state index contributed by atoms with van der Waals surface area (Å²) in [5.41, 5.74) is 1.02. The van der Waals surface area contributed by atoms with Crippen molar-refractivity contribution in [3.63, 3.8) is 0 Å². The largest absolute Gasteiger partial charge is 0.494 e. The highest BCUT2D eigenvalue weighted by Crippen LogP contribution is 2.23. The van der Waals surface area contributed by atoms with Crippen molar-refractivity contribution in [2.45, 2.75) is 26.7 Å². The van der Waals surface area contributed by atoms with Crippen LogP contribution in [0.2, 0.25) is 0 Å². The van der Waals surface area contributed by atoms with Gasteiger partial charge in [-0.25, -0.2) is 0 Å². The maximum atomic E-state index is 12.3. The fourth-order valence-electron chi connectivity index (χ4n) is 3.35. The first-order valence-electron chi connectivity index (χ1n) is 9.63. The summed E-state index contributed by atoms with van der Waals surface area (Å²) in [7, 11) is 1.90. The zero-order chi connectivity index (χ0) is 20.1. The third kappa shape index (κ3) is 5.17. The lowest BCUT2D eigenvalue weighted by atomic mass is 10.0. The quantitative estimate of drug-likeness (QED) is 0.719. The number of thiazole rings is 1. The van der Waals surface area contributed by atoms with Gasteiger partial charge < -0.3 is 14.2 Å². The zero-order valence-electron chi connectivity index (χ0n) is 16.6. The molecule has 6 nitrogen and oxygen atoms in total. The minimum absolute atomic E-state index is 0.125. The number of aromatic nitrogens is 1. The lowest BCUT2D eigenvalue weighted by Crippen LogP contribution is -2.40. The standard InChI is InChI=1S/C20H27N3O3S2/c1-4-26-15-7-8-16-17(10-15)28-20(22(16)3)21-18(24)12-27-13-19(25)23-9-5-6-14(2)11-23/h7-8,10,14H,4-6,9,11-13H2,1-3H3/t14-/m1/s1. The van der Waals surface area contributed by atoms with Crippen LogP contribution in [0.25, 0.3) is 10.2 Å². The Hall–Kier alpha value is -1.80. The monoisotopic (exact) mass is 421 g/mol. The number of amides is 2. The molecule has 0 N–H and O–H groups in total. The van der Waals surface area contributed by atoms with E-state index in [1.165, 1.54) is 29.5 Å². The SMILES string of the molecule is CCOc1ccc2c(c1)sc(=NC(=O)CSCC(=O)N1CCC[C@@H](C)C1)n2C. The molecular weight excluding hydrogens is 394 g/mol. The van der Waals surface area contributed by atoms with Crippen molar-refractivity contribution in [1.82, 2.24) is 9.47 Å². The highest BCUT2D eigenvalue weighted by molar-refractivity contribution is 8.00. The predicted molar refractivity (Wildman–Crippen MR) is 115 cm³/mol. The van der Waals surface area contributed by atoms with Gasteiger partial charge in [0.1, 0.15) is 5.75 Å². The highest BCUT2D eigenvalue weighted by atomic mass is 32.2. The van der Waals surface area contributed by atoms with Crippen LogP contribution in [0.15, 0.2) is 23.2 Å². The Balaban J connectivity index is 1.59. The molecule has 152 valence electrons. The van der Waals surface area contributed by atoms with E-state index < -0.39 is 0 Å². The van der Waals surface area contributed by atoms with Gasteiger partial charge in [0.05, 0.1) is 28.3 Å². The second-order valence-electron chi connectivity index (χ2n) is 7.09. The second-order valence-corrected chi connectivity index (χ2v) is 9.09. The second kappa shape index (κ2) is 9.60. The molecule has 0 saturated carbocycles. The summed E-state index contributed by atoms with van der Waals surface area (Å²) in [4.78, 5) is 31.4. The Morgan fingerprint density at radius 3 is 2.93 bits per heavy atom. The van der Waals surface area contributed by atoms with Crippen LogP contribution in [-0.4, -0.2) is 52.5 Å². The number of aryl methyl sites for hydroxylation is 1. The number of nitrogens with zero attached hydrogens (tertiary/aromatic N) is 3. The molecular formula is C20H27N3O3S2. The van der Waals surface area contributed by atoms with Crippen LogP contribution >= 0.6 is 23.1 Å². The minimum Gasteiger partial charge on any atom is -0.494 e. The number of rotatable bonds is 6. The normalized spacial score (nSPS) is 17.9. The Morgan fingerprint density at radius 1 is 1.36 bits per heavy atom. The van der Waals surface area contributed by atoms with Gasteiger partial charge in [-0.3, -0.25) is 9.59 Å². The number of benzene rings is 1. The number of fused-ring (bicyclic) bond motifs is 1. The van der Waals surface area contributed by atoms with E-state index in [1.54, 1.807) is 0 Å². The van der Waals surface area contributed by atoms with Crippen molar-refractivity contribution >= 4 is 45.1 Å². The molecule has 0 unspecified atom stereocenters. The average molecular weight is 422 g/mol. The summed E-state index contributed by atoms with van der Waals surface area (Å²) in [6.45, 7) is 6.41. The summed E-state index contributed by atoms with van der Waals surface area (Å²) in [5.74, 6) is 1.85. The first-order chi connectivity index (χ1) is 13.5. The molecule has 1 fully saturated rings. The van der Waals surface area contributed by atoms with Gasteiger partial charge in [-0.05, 0) is 43.9 Å². The number of ether oxygens (including phenoxy) is 1. The van der Waals surface area contributed by atoms with Crippen molar-refractivity contribution < 1.29 is 14.3 Å². The molecule has 1 aliphatic heterocycles. The van der Waals surface area contributed by atoms with E-state index in [-0.39, 0.29) is 17.6 Å². The van der Waals surface area contributed by atoms with E-state index in [2.05, 4.69) is 11.9 Å². The molecule has 1 atom stereocenters. The highest BCUT2D eigenvalue weighted by Gasteiger charge is 2.20. The number of carbonyl (C=O) groups is 2.